The first kappa shape index (κ1) is 32.9. The van der Waals surface area contributed by atoms with Crippen molar-refractivity contribution >= 4 is 6.09 Å². The average Bonchev–Trinajstić information content (AvgIpc) is 3.15. The van der Waals surface area contributed by atoms with Crippen molar-refractivity contribution in [1.29, 1.82) is 0 Å². The molecule has 0 spiro atoms. The molecule has 1 aromatic carbocycles. The Labute approximate surface area is 243 Å². The first-order valence-electron chi connectivity index (χ1n) is 13.6. The van der Waals surface area contributed by atoms with Crippen molar-refractivity contribution in [1.82, 2.24) is 4.90 Å². The summed E-state index contributed by atoms with van der Waals surface area (Å²) in [7, 11) is 1.18. The molecule has 4 rings (SSSR count). The summed E-state index contributed by atoms with van der Waals surface area (Å²) in [6, 6.07) is 0.168. The lowest BCUT2D eigenvalue weighted by Crippen LogP contribution is -2.40. The van der Waals surface area contributed by atoms with Gasteiger partial charge in [-0.3, -0.25) is 4.90 Å². The van der Waals surface area contributed by atoms with E-state index in [0.717, 1.165) is 29.7 Å². The first-order chi connectivity index (χ1) is 19.7. The summed E-state index contributed by atoms with van der Waals surface area (Å²) in [4.78, 5) is 14.2. The van der Waals surface area contributed by atoms with Gasteiger partial charge in [-0.2, -0.15) is 39.5 Å². The second-order valence-corrected chi connectivity index (χ2v) is 12.2. The average molecular weight is 626 g/mol. The summed E-state index contributed by atoms with van der Waals surface area (Å²) >= 11 is 0. The second-order valence-electron chi connectivity index (χ2n) is 12.2. The van der Waals surface area contributed by atoms with Crippen LogP contribution in [-0.2, 0) is 21.8 Å². The number of hydrogen-bond acceptors (Lipinski definition) is 3. The Hall–Kier alpha value is -2.96. The zero-order chi connectivity index (χ0) is 32.2. The SMILES string of the molecule is COCC1(C(F)(F)F)C=CC(C2=C(CN3C(=O)O[C@H](c4cc(C(F)(F)F)cc(C(F)(F)F)c4)[C@@H]3C)CC(C)(C)CC2)C=C1. The minimum absolute atomic E-state index is 0.00915. The zero-order valence-corrected chi connectivity index (χ0v) is 23.9. The third-order valence-electron chi connectivity index (χ3n) is 8.42. The lowest BCUT2D eigenvalue weighted by molar-refractivity contribution is -0.202. The van der Waals surface area contributed by atoms with E-state index in [4.69, 9.17) is 9.47 Å². The number of allylic oxidation sites excluding steroid dienone is 3. The molecule has 1 saturated heterocycles. The van der Waals surface area contributed by atoms with Crippen molar-refractivity contribution in [2.75, 3.05) is 20.3 Å². The molecule has 238 valence electrons. The van der Waals surface area contributed by atoms with E-state index in [1.165, 1.54) is 31.1 Å². The molecule has 0 unspecified atom stereocenters. The highest BCUT2D eigenvalue weighted by molar-refractivity contribution is 5.71. The summed E-state index contributed by atoms with van der Waals surface area (Å²) in [5.74, 6) is -0.499. The van der Waals surface area contributed by atoms with Crippen LogP contribution in [0.25, 0.3) is 0 Å². The largest absolute Gasteiger partial charge is 0.439 e. The highest BCUT2D eigenvalue weighted by Crippen LogP contribution is 2.48. The minimum Gasteiger partial charge on any atom is -0.439 e. The second kappa shape index (κ2) is 11.2. The van der Waals surface area contributed by atoms with Crippen LogP contribution >= 0.6 is 0 Å². The summed E-state index contributed by atoms with van der Waals surface area (Å²) in [6.45, 7) is 4.83. The van der Waals surface area contributed by atoms with E-state index in [1.54, 1.807) is 0 Å². The number of alkyl halides is 9. The number of methoxy groups -OCH3 is 1. The number of halogens is 9. The molecule has 0 bridgehead atoms. The molecular formula is C30H32F9NO3. The molecule has 1 amide bonds. The third-order valence-corrected chi connectivity index (χ3v) is 8.42. The molecule has 3 aliphatic rings. The van der Waals surface area contributed by atoms with Gasteiger partial charge in [0, 0.05) is 19.6 Å². The van der Waals surface area contributed by atoms with Gasteiger partial charge in [0.05, 0.1) is 23.8 Å². The van der Waals surface area contributed by atoms with E-state index in [1.807, 2.05) is 13.8 Å². The van der Waals surface area contributed by atoms with Gasteiger partial charge in [0.1, 0.15) is 11.5 Å². The molecule has 0 aromatic heterocycles. The van der Waals surface area contributed by atoms with Crippen molar-refractivity contribution in [3.05, 3.63) is 70.3 Å². The van der Waals surface area contributed by atoms with Crippen LogP contribution in [0.3, 0.4) is 0 Å². The Morgan fingerprint density at radius 2 is 1.51 bits per heavy atom. The Balaban J connectivity index is 1.66. The molecule has 43 heavy (non-hydrogen) atoms. The number of amides is 1. The number of ether oxygens (including phenoxy) is 2. The monoisotopic (exact) mass is 625 g/mol. The van der Waals surface area contributed by atoms with E-state index < -0.39 is 71.4 Å². The predicted molar refractivity (Wildman–Crippen MR) is 139 cm³/mol. The maximum Gasteiger partial charge on any atom is 0.416 e. The molecule has 13 heteroatoms. The smallest absolute Gasteiger partial charge is 0.416 e. The number of carbonyl (C=O) groups excluding carboxylic acids is 1. The van der Waals surface area contributed by atoms with E-state index in [9.17, 15) is 44.3 Å². The molecule has 2 atom stereocenters. The number of cyclic esters (lactones) is 1. The van der Waals surface area contributed by atoms with E-state index in [-0.39, 0.29) is 18.0 Å². The number of carbonyl (C=O) groups is 1. The maximum atomic E-state index is 13.9. The van der Waals surface area contributed by atoms with Crippen LogP contribution in [0.4, 0.5) is 44.3 Å². The van der Waals surface area contributed by atoms with E-state index in [2.05, 4.69) is 0 Å². The van der Waals surface area contributed by atoms with Crippen LogP contribution in [0.2, 0.25) is 0 Å². The summed E-state index contributed by atoms with van der Waals surface area (Å²) in [5.41, 5.74) is -4.42. The van der Waals surface area contributed by atoms with Crippen LogP contribution in [0.15, 0.2) is 53.6 Å². The number of nitrogens with zero attached hydrogens (tertiary/aromatic N) is 1. The highest BCUT2D eigenvalue weighted by atomic mass is 19.4. The van der Waals surface area contributed by atoms with Gasteiger partial charge < -0.3 is 9.47 Å². The van der Waals surface area contributed by atoms with Crippen molar-refractivity contribution in [3.8, 4) is 0 Å². The molecule has 4 nitrogen and oxygen atoms in total. The van der Waals surface area contributed by atoms with Gasteiger partial charge in [-0.25, -0.2) is 4.79 Å². The molecule has 1 heterocycles. The fourth-order valence-electron chi connectivity index (χ4n) is 6.01. The lowest BCUT2D eigenvalue weighted by Gasteiger charge is -2.38. The van der Waals surface area contributed by atoms with Crippen molar-refractivity contribution in [2.24, 2.45) is 16.7 Å². The number of hydrogen-bond donors (Lipinski definition) is 0. The fourth-order valence-corrected chi connectivity index (χ4v) is 6.01. The standard InChI is InChI=1S/C30H32F9NO3/c1-17-24(19-11-21(28(31,32)33)13-22(12-19)29(34,35)36)43-25(41)40(17)15-20-14-26(2,3)8-7-23(20)18-5-9-27(10-6-18,16-42-4)30(37,38)39/h5-6,9-13,17-18,24H,7-8,14-16H2,1-4H3/t17-,18?,24-,27?/m0/s1. The normalized spacial score (nSPS) is 28.1. The van der Waals surface area contributed by atoms with Gasteiger partial charge in [0.25, 0.3) is 0 Å². The zero-order valence-electron chi connectivity index (χ0n) is 23.9. The molecule has 1 aromatic rings. The van der Waals surface area contributed by atoms with Crippen LogP contribution < -0.4 is 0 Å². The molecule has 2 aliphatic carbocycles. The quantitative estimate of drug-likeness (QED) is 0.234. The predicted octanol–water partition coefficient (Wildman–Crippen LogP) is 9.05. The molecular weight excluding hydrogens is 593 g/mol. The molecule has 0 radical (unpaired) electrons. The highest BCUT2D eigenvalue weighted by Gasteiger charge is 2.52. The lowest BCUT2D eigenvalue weighted by atomic mass is 9.69. The van der Waals surface area contributed by atoms with E-state index in [0.29, 0.717) is 25.0 Å². The van der Waals surface area contributed by atoms with Crippen molar-refractivity contribution < 1.29 is 53.8 Å². The fraction of sp³-hybridized carbons (Fsp3) is 0.567. The molecule has 1 fully saturated rings. The number of rotatable bonds is 6. The topological polar surface area (TPSA) is 38.8 Å². The Bertz CT molecular complexity index is 1280. The maximum absolute atomic E-state index is 13.9. The minimum atomic E-state index is -5.07. The van der Waals surface area contributed by atoms with Gasteiger partial charge in [-0.05, 0) is 55.4 Å². The van der Waals surface area contributed by atoms with Crippen LogP contribution in [-0.4, -0.2) is 43.5 Å². The van der Waals surface area contributed by atoms with Gasteiger partial charge >= 0.3 is 24.6 Å². The Kier molecular flexibility index (Phi) is 8.58. The Morgan fingerprint density at radius 1 is 0.953 bits per heavy atom. The van der Waals surface area contributed by atoms with E-state index >= 15 is 0 Å². The Morgan fingerprint density at radius 3 is 2.00 bits per heavy atom. The first-order valence-corrected chi connectivity index (χ1v) is 13.6. The van der Waals surface area contributed by atoms with Gasteiger partial charge in [-0.1, -0.05) is 49.3 Å². The van der Waals surface area contributed by atoms with Crippen LogP contribution in [0, 0.1) is 16.7 Å². The summed E-state index contributed by atoms with van der Waals surface area (Å²) in [5, 5.41) is 0. The van der Waals surface area contributed by atoms with Crippen molar-refractivity contribution in [2.45, 2.75) is 70.7 Å². The van der Waals surface area contributed by atoms with Gasteiger partial charge in [-0.15, -0.1) is 0 Å². The van der Waals surface area contributed by atoms with Crippen LogP contribution in [0.5, 0.6) is 0 Å². The van der Waals surface area contributed by atoms with Gasteiger partial charge in [0.2, 0.25) is 0 Å². The number of benzene rings is 1. The third kappa shape index (κ3) is 6.76. The summed E-state index contributed by atoms with van der Waals surface area (Å²) in [6.07, 6.45) is -10.3. The van der Waals surface area contributed by atoms with Crippen molar-refractivity contribution in [3.63, 3.8) is 0 Å². The molecule has 1 aliphatic heterocycles. The summed E-state index contributed by atoms with van der Waals surface area (Å²) < 4.78 is 133. The molecule has 0 N–H and O–H groups in total. The van der Waals surface area contributed by atoms with Gasteiger partial charge in [0.15, 0.2) is 0 Å². The van der Waals surface area contributed by atoms with Crippen LogP contribution in [0.1, 0.15) is 62.8 Å². The molecule has 0 saturated carbocycles.